The Balaban J connectivity index is 1.31. The average molecular weight is 476 g/mol. The van der Waals surface area contributed by atoms with Gasteiger partial charge in [-0.3, -0.25) is 18.8 Å². The average Bonchev–Trinajstić information content (AvgIpc) is 3.56. The summed E-state index contributed by atoms with van der Waals surface area (Å²) in [6.07, 6.45) is 7.00. The van der Waals surface area contributed by atoms with Crippen molar-refractivity contribution in [3.8, 4) is 5.82 Å². The Morgan fingerprint density at radius 1 is 1.20 bits per heavy atom. The van der Waals surface area contributed by atoms with E-state index in [1.807, 2.05) is 0 Å². The van der Waals surface area contributed by atoms with Crippen LogP contribution in [0.1, 0.15) is 23.3 Å². The summed E-state index contributed by atoms with van der Waals surface area (Å²) in [5.74, 6) is 1.17. The highest BCUT2D eigenvalue weighted by Crippen LogP contribution is 2.38. The van der Waals surface area contributed by atoms with E-state index in [1.54, 1.807) is 55.4 Å². The van der Waals surface area contributed by atoms with E-state index < -0.39 is 0 Å². The van der Waals surface area contributed by atoms with Crippen LogP contribution in [-0.4, -0.2) is 60.7 Å². The largest absolute Gasteiger partial charge is 0.385 e. The summed E-state index contributed by atoms with van der Waals surface area (Å²) in [4.78, 5) is 30.5. The number of anilines is 3. The van der Waals surface area contributed by atoms with Crippen molar-refractivity contribution in [2.24, 2.45) is 13.0 Å². The molecule has 3 N–H and O–H groups in total. The summed E-state index contributed by atoms with van der Waals surface area (Å²) in [5, 5.41) is 18.1. The van der Waals surface area contributed by atoms with Gasteiger partial charge < -0.3 is 20.7 Å². The zero-order valence-electron chi connectivity index (χ0n) is 19.3. The minimum Gasteiger partial charge on any atom is -0.385 e. The standard InChI is InChI=1S/C23H25N9O3/c1-24-16-11-18(26-14-4-3-7-31(23(14)34)19-5-8-30(2)29-19)28-32-17(12-25-21(16)32)22(33)27-15-10-13-6-9-35-20(13)15/h3-5,7-8,11-13,15,20,24H,6,9-10H2,1-2H3,(H,26,28)(H,27,33). The number of fused-ring (bicyclic) bond motifs is 2. The second-order valence-corrected chi connectivity index (χ2v) is 8.84. The Morgan fingerprint density at radius 3 is 2.86 bits per heavy atom. The molecule has 1 saturated carbocycles. The van der Waals surface area contributed by atoms with Gasteiger partial charge in [0.2, 0.25) is 0 Å². The third-order valence-electron chi connectivity index (χ3n) is 6.66. The van der Waals surface area contributed by atoms with Crippen molar-refractivity contribution in [1.82, 2.24) is 34.3 Å². The first-order chi connectivity index (χ1) is 17.0. The van der Waals surface area contributed by atoms with Gasteiger partial charge in [0.1, 0.15) is 5.69 Å². The molecular weight excluding hydrogens is 450 g/mol. The van der Waals surface area contributed by atoms with E-state index in [-0.39, 0.29) is 23.6 Å². The summed E-state index contributed by atoms with van der Waals surface area (Å²) < 4.78 is 10.3. The molecule has 1 aliphatic heterocycles. The second kappa shape index (κ2) is 8.24. The molecule has 4 aromatic heterocycles. The number of carbonyl (C=O) groups excluding carboxylic acids is 1. The molecule has 12 nitrogen and oxygen atoms in total. The van der Waals surface area contributed by atoms with Gasteiger partial charge in [-0.25, -0.2) is 9.50 Å². The van der Waals surface area contributed by atoms with Crippen molar-refractivity contribution in [3.05, 3.63) is 58.9 Å². The molecule has 4 aromatic rings. The molecule has 6 rings (SSSR count). The summed E-state index contributed by atoms with van der Waals surface area (Å²) in [5.41, 5.74) is 1.51. The van der Waals surface area contributed by atoms with E-state index in [2.05, 4.69) is 31.1 Å². The fraction of sp³-hybridized carbons (Fsp3) is 0.348. The highest BCUT2D eigenvalue weighted by Gasteiger charge is 2.46. The Bertz CT molecular complexity index is 1490. The molecule has 0 spiro atoms. The number of hydrogen-bond donors (Lipinski definition) is 3. The number of aryl methyl sites for hydroxylation is 1. The molecule has 0 radical (unpaired) electrons. The molecular formula is C23H25N9O3. The topological polar surface area (TPSA) is 132 Å². The van der Waals surface area contributed by atoms with E-state index in [9.17, 15) is 9.59 Å². The van der Waals surface area contributed by atoms with Crippen LogP contribution in [0.4, 0.5) is 17.2 Å². The van der Waals surface area contributed by atoms with Crippen LogP contribution in [0, 0.1) is 5.92 Å². The van der Waals surface area contributed by atoms with Crippen LogP contribution in [0.25, 0.3) is 11.5 Å². The zero-order valence-corrected chi connectivity index (χ0v) is 19.3. The van der Waals surface area contributed by atoms with Gasteiger partial charge >= 0.3 is 0 Å². The maximum absolute atomic E-state index is 13.1. The monoisotopic (exact) mass is 475 g/mol. The van der Waals surface area contributed by atoms with Crippen molar-refractivity contribution < 1.29 is 9.53 Å². The summed E-state index contributed by atoms with van der Waals surface area (Å²) in [6, 6.07) is 6.92. The summed E-state index contributed by atoms with van der Waals surface area (Å²) in [7, 11) is 3.55. The van der Waals surface area contributed by atoms with E-state index in [0.717, 1.165) is 19.4 Å². The third kappa shape index (κ3) is 3.62. The van der Waals surface area contributed by atoms with E-state index in [1.165, 1.54) is 15.3 Å². The number of aromatic nitrogens is 6. The first-order valence-electron chi connectivity index (χ1n) is 11.5. The molecule has 0 bridgehead atoms. The van der Waals surface area contributed by atoms with Crippen LogP contribution < -0.4 is 21.5 Å². The van der Waals surface area contributed by atoms with Crippen molar-refractivity contribution in [1.29, 1.82) is 0 Å². The fourth-order valence-corrected chi connectivity index (χ4v) is 4.81. The predicted molar refractivity (Wildman–Crippen MR) is 128 cm³/mol. The van der Waals surface area contributed by atoms with Gasteiger partial charge in [-0.05, 0) is 30.9 Å². The van der Waals surface area contributed by atoms with Crippen molar-refractivity contribution in [2.45, 2.75) is 25.0 Å². The maximum Gasteiger partial charge on any atom is 0.280 e. The molecule has 2 aliphatic rings. The number of imidazole rings is 1. The Morgan fingerprint density at radius 2 is 2.09 bits per heavy atom. The minimum absolute atomic E-state index is 0.00000951. The normalized spacial score (nSPS) is 20.9. The van der Waals surface area contributed by atoms with Crippen LogP contribution in [0.15, 0.2) is 47.7 Å². The number of ether oxygens (including phenoxy) is 1. The van der Waals surface area contributed by atoms with Gasteiger partial charge in [-0.2, -0.15) is 5.10 Å². The van der Waals surface area contributed by atoms with E-state index in [4.69, 9.17) is 4.74 Å². The smallest absolute Gasteiger partial charge is 0.280 e. The summed E-state index contributed by atoms with van der Waals surface area (Å²) in [6.45, 7) is 0.751. The maximum atomic E-state index is 13.1. The lowest BCUT2D eigenvalue weighted by molar-refractivity contribution is -0.000686. The Kier molecular flexibility index (Phi) is 5.02. The molecule has 180 valence electrons. The molecule has 1 saturated heterocycles. The van der Waals surface area contributed by atoms with Crippen LogP contribution in [0.3, 0.4) is 0 Å². The van der Waals surface area contributed by atoms with Crippen molar-refractivity contribution in [3.63, 3.8) is 0 Å². The third-order valence-corrected chi connectivity index (χ3v) is 6.66. The number of rotatable bonds is 6. The van der Waals surface area contributed by atoms with Crippen LogP contribution >= 0.6 is 0 Å². The zero-order chi connectivity index (χ0) is 24.1. The molecule has 3 atom stereocenters. The molecule has 1 amide bonds. The van der Waals surface area contributed by atoms with E-state index >= 15 is 0 Å². The Hall–Kier alpha value is -4.19. The first-order valence-corrected chi connectivity index (χ1v) is 11.5. The number of pyridine rings is 1. The lowest BCUT2D eigenvalue weighted by Crippen LogP contribution is -2.54. The van der Waals surface area contributed by atoms with Crippen LogP contribution in [0.2, 0.25) is 0 Å². The van der Waals surface area contributed by atoms with Gasteiger partial charge in [0.25, 0.3) is 11.5 Å². The van der Waals surface area contributed by atoms with Gasteiger partial charge in [0, 0.05) is 45.2 Å². The highest BCUT2D eigenvalue weighted by atomic mass is 16.5. The quantitative estimate of drug-likeness (QED) is 0.380. The Labute approximate surface area is 199 Å². The first kappa shape index (κ1) is 21.4. The lowest BCUT2D eigenvalue weighted by Gasteiger charge is -2.39. The molecule has 2 fully saturated rings. The molecule has 1 aliphatic carbocycles. The van der Waals surface area contributed by atoms with Gasteiger partial charge in [0.15, 0.2) is 23.0 Å². The number of amides is 1. The summed E-state index contributed by atoms with van der Waals surface area (Å²) >= 11 is 0. The van der Waals surface area contributed by atoms with Crippen molar-refractivity contribution >= 4 is 28.7 Å². The van der Waals surface area contributed by atoms with Crippen molar-refractivity contribution in [2.75, 3.05) is 24.3 Å². The SMILES string of the molecule is CNc1cc(Nc2cccn(-c3ccn(C)n3)c2=O)nn2c(C(=O)NC3CC4CCOC43)cnc12. The number of hydrogen-bond acceptors (Lipinski definition) is 8. The second-order valence-electron chi connectivity index (χ2n) is 8.84. The van der Waals surface area contributed by atoms with Gasteiger partial charge in [-0.15, -0.1) is 5.10 Å². The number of nitrogens with one attached hydrogen (secondary N) is 3. The fourth-order valence-electron chi connectivity index (χ4n) is 4.81. The van der Waals surface area contributed by atoms with E-state index in [0.29, 0.717) is 40.3 Å². The molecule has 35 heavy (non-hydrogen) atoms. The predicted octanol–water partition coefficient (Wildman–Crippen LogP) is 1.31. The molecule has 3 unspecified atom stereocenters. The highest BCUT2D eigenvalue weighted by molar-refractivity contribution is 5.94. The lowest BCUT2D eigenvalue weighted by atomic mass is 9.77. The molecule has 5 heterocycles. The number of carbonyl (C=O) groups is 1. The minimum atomic E-state index is -0.279. The molecule has 12 heteroatoms. The number of nitrogens with zero attached hydrogens (tertiary/aromatic N) is 6. The van der Waals surface area contributed by atoms with Gasteiger partial charge in [0.05, 0.1) is 24.0 Å². The molecule has 0 aromatic carbocycles. The van der Waals surface area contributed by atoms with Crippen LogP contribution in [0.5, 0.6) is 0 Å². The van der Waals surface area contributed by atoms with Gasteiger partial charge in [-0.1, -0.05) is 0 Å². The van der Waals surface area contributed by atoms with Crippen LogP contribution in [-0.2, 0) is 11.8 Å².